The summed E-state index contributed by atoms with van der Waals surface area (Å²) < 4.78 is 5.11. The number of hydrogen-bond donors (Lipinski definition) is 1. The lowest BCUT2D eigenvalue weighted by Crippen LogP contribution is -2.45. The van der Waals surface area contributed by atoms with Crippen LogP contribution in [0.1, 0.15) is 20.8 Å². The summed E-state index contributed by atoms with van der Waals surface area (Å²) in [7, 11) is 1.83. The van der Waals surface area contributed by atoms with Crippen LogP contribution in [0.25, 0.3) is 0 Å². The molecular formula is C10H17N3O2. The number of alkyl carbamates (subject to hydrolysis) is 1. The molecular weight excluding hydrogens is 194 g/mol. The van der Waals surface area contributed by atoms with Crippen molar-refractivity contribution in [2.24, 2.45) is 4.99 Å². The van der Waals surface area contributed by atoms with Crippen LogP contribution in [0, 0.1) is 0 Å². The van der Waals surface area contributed by atoms with E-state index in [9.17, 15) is 4.79 Å². The van der Waals surface area contributed by atoms with Gasteiger partial charge in [0.15, 0.2) is 0 Å². The lowest BCUT2D eigenvalue weighted by atomic mass is 10.2. The van der Waals surface area contributed by atoms with Gasteiger partial charge in [0.25, 0.3) is 0 Å². The van der Waals surface area contributed by atoms with E-state index in [1.54, 1.807) is 17.2 Å². The lowest BCUT2D eigenvalue weighted by Gasteiger charge is -2.27. The van der Waals surface area contributed by atoms with Gasteiger partial charge in [-0.05, 0) is 26.8 Å². The van der Waals surface area contributed by atoms with Crippen LogP contribution in [0.15, 0.2) is 17.3 Å². The summed E-state index contributed by atoms with van der Waals surface area (Å²) in [5.41, 5.74) is -0.489. The van der Waals surface area contributed by atoms with Crippen LogP contribution in [0.3, 0.4) is 0 Å². The molecule has 0 bridgehead atoms. The number of aliphatic imine (C=N–C) groups is 1. The van der Waals surface area contributed by atoms with Gasteiger partial charge in [-0.25, -0.2) is 9.79 Å². The third-order valence-electron chi connectivity index (χ3n) is 1.67. The van der Waals surface area contributed by atoms with E-state index >= 15 is 0 Å². The standard InChI is InChI=1S/C10H17N3O2/c1-10(2,3)15-9(14)12-8-11-6-5-7-13(8)4/h5-8H,1-4H3,(H,12,14). The van der Waals surface area contributed by atoms with Crippen molar-refractivity contribution in [2.75, 3.05) is 7.05 Å². The van der Waals surface area contributed by atoms with Gasteiger partial charge in [0, 0.05) is 19.5 Å². The zero-order valence-corrected chi connectivity index (χ0v) is 9.52. The fraction of sp³-hybridized carbons (Fsp3) is 0.600. The van der Waals surface area contributed by atoms with E-state index in [1.807, 2.05) is 34.0 Å². The van der Waals surface area contributed by atoms with Crippen LogP contribution >= 0.6 is 0 Å². The number of rotatable bonds is 1. The van der Waals surface area contributed by atoms with Crippen molar-refractivity contribution in [3.63, 3.8) is 0 Å². The van der Waals surface area contributed by atoms with E-state index in [4.69, 9.17) is 4.74 Å². The van der Waals surface area contributed by atoms with Gasteiger partial charge >= 0.3 is 6.09 Å². The Hall–Kier alpha value is -1.52. The summed E-state index contributed by atoms with van der Waals surface area (Å²) >= 11 is 0. The number of nitrogens with one attached hydrogen (secondary N) is 1. The summed E-state index contributed by atoms with van der Waals surface area (Å²) in [6.45, 7) is 5.46. The normalized spacial score (nSPS) is 20.3. The molecule has 1 N–H and O–H groups in total. The largest absolute Gasteiger partial charge is 0.444 e. The zero-order chi connectivity index (χ0) is 11.5. The summed E-state index contributed by atoms with van der Waals surface area (Å²) in [5.74, 6) is 0. The van der Waals surface area contributed by atoms with E-state index in [0.29, 0.717) is 0 Å². The van der Waals surface area contributed by atoms with Crippen LogP contribution < -0.4 is 5.32 Å². The molecule has 15 heavy (non-hydrogen) atoms. The van der Waals surface area contributed by atoms with Crippen molar-refractivity contribution >= 4 is 12.3 Å². The fourth-order valence-electron chi connectivity index (χ4n) is 1.04. The Morgan fingerprint density at radius 3 is 2.73 bits per heavy atom. The van der Waals surface area contributed by atoms with Gasteiger partial charge in [0.2, 0.25) is 6.29 Å². The van der Waals surface area contributed by atoms with Crippen LogP contribution in [0.2, 0.25) is 0 Å². The molecule has 0 saturated carbocycles. The highest BCUT2D eigenvalue weighted by atomic mass is 16.6. The maximum absolute atomic E-state index is 11.4. The third-order valence-corrected chi connectivity index (χ3v) is 1.67. The molecule has 0 spiro atoms. The van der Waals surface area contributed by atoms with Crippen LogP contribution in [-0.4, -0.2) is 36.1 Å². The second-order valence-corrected chi connectivity index (χ2v) is 4.33. The number of hydrogen-bond acceptors (Lipinski definition) is 4. The van der Waals surface area contributed by atoms with Gasteiger partial charge in [-0.15, -0.1) is 0 Å². The predicted molar refractivity (Wildman–Crippen MR) is 58.6 cm³/mol. The first-order valence-corrected chi connectivity index (χ1v) is 4.80. The molecule has 0 fully saturated rings. The number of ether oxygens (including phenoxy) is 1. The molecule has 0 saturated heterocycles. The van der Waals surface area contributed by atoms with Gasteiger partial charge in [0.1, 0.15) is 5.60 Å². The Labute approximate surface area is 89.8 Å². The number of carbonyl (C=O) groups is 1. The van der Waals surface area contributed by atoms with Gasteiger partial charge in [-0.3, -0.25) is 5.32 Å². The van der Waals surface area contributed by atoms with Gasteiger partial charge in [-0.1, -0.05) is 0 Å². The predicted octanol–water partition coefficient (Wildman–Crippen LogP) is 1.32. The molecule has 0 radical (unpaired) electrons. The average molecular weight is 211 g/mol. The Morgan fingerprint density at radius 2 is 2.20 bits per heavy atom. The first kappa shape index (κ1) is 11.6. The second-order valence-electron chi connectivity index (χ2n) is 4.33. The van der Waals surface area contributed by atoms with Crippen molar-refractivity contribution in [1.82, 2.24) is 10.2 Å². The second kappa shape index (κ2) is 4.33. The zero-order valence-electron chi connectivity index (χ0n) is 9.52. The Balaban J connectivity index is 2.45. The van der Waals surface area contributed by atoms with Gasteiger partial charge < -0.3 is 9.64 Å². The summed E-state index contributed by atoms with van der Waals surface area (Å²) in [4.78, 5) is 17.3. The van der Waals surface area contributed by atoms with Gasteiger partial charge in [0.05, 0.1) is 0 Å². The van der Waals surface area contributed by atoms with Crippen molar-refractivity contribution < 1.29 is 9.53 Å². The van der Waals surface area contributed by atoms with Crippen molar-refractivity contribution in [2.45, 2.75) is 32.7 Å². The van der Waals surface area contributed by atoms with E-state index in [1.165, 1.54) is 0 Å². The molecule has 0 aromatic carbocycles. The van der Waals surface area contributed by atoms with Crippen LogP contribution in [-0.2, 0) is 4.74 Å². The van der Waals surface area contributed by atoms with E-state index in [2.05, 4.69) is 10.3 Å². The maximum Gasteiger partial charge on any atom is 0.410 e. The minimum absolute atomic E-state index is 0.384. The molecule has 5 heteroatoms. The average Bonchev–Trinajstić information content (AvgIpc) is 2.05. The molecule has 0 aliphatic carbocycles. The molecule has 0 aromatic rings. The molecule has 1 atom stereocenters. The minimum atomic E-state index is -0.489. The first-order valence-electron chi connectivity index (χ1n) is 4.80. The number of nitrogens with zero attached hydrogens (tertiary/aromatic N) is 2. The topological polar surface area (TPSA) is 53.9 Å². The number of carbonyl (C=O) groups excluding carboxylic acids is 1. The smallest absolute Gasteiger partial charge is 0.410 e. The molecule has 1 unspecified atom stereocenters. The molecule has 1 aliphatic rings. The Morgan fingerprint density at radius 1 is 1.53 bits per heavy atom. The van der Waals surface area contributed by atoms with Crippen molar-refractivity contribution in [3.8, 4) is 0 Å². The van der Waals surface area contributed by atoms with Crippen LogP contribution in [0.4, 0.5) is 4.79 Å². The highest BCUT2D eigenvalue weighted by molar-refractivity contribution is 5.73. The first-order chi connectivity index (χ1) is 6.88. The monoisotopic (exact) mass is 211 g/mol. The fourth-order valence-corrected chi connectivity index (χ4v) is 1.04. The quantitative estimate of drug-likeness (QED) is 0.711. The maximum atomic E-state index is 11.4. The molecule has 1 aliphatic heterocycles. The van der Waals surface area contributed by atoms with Crippen molar-refractivity contribution in [3.05, 3.63) is 12.3 Å². The summed E-state index contributed by atoms with van der Waals surface area (Å²) in [6, 6.07) is 0. The Kier molecular flexibility index (Phi) is 3.34. The van der Waals surface area contributed by atoms with E-state index in [0.717, 1.165) is 0 Å². The summed E-state index contributed by atoms with van der Waals surface area (Å²) in [5, 5.41) is 2.64. The minimum Gasteiger partial charge on any atom is -0.444 e. The molecule has 0 aromatic heterocycles. The SMILES string of the molecule is CN1C=CC=NC1NC(=O)OC(C)(C)C. The number of allylic oxidation sites excluding steroid dienone is 1. The molecule has 5 nitrogen and oxygen atoms in total. The molecule has 1 rings (SSSR count). The van der Waals surface area contributed by atoms with Crippen molar-refractivity contribution in [1.29, 1.82) is 0 Å². The lowest BCUT2D eigenvalue weighted by molar-refractivity contribution is 0.0464. The molecule has 1 heterocycles. The highest BCUT2D eigenvalue weighted by Gasteiger charge is 2.20. The Bertz CT molecular complexity index is 292. The molecule has 84 valence electrons. The third kappa shape index (κ3) is 4.01. The van der Waals surface area contributed by atoms with Gasteiger partial charge in [-0.2, -0.15) is 0 Å². The highest BCUT2D eigenvalue weighted by Crippen LogP contribution is 2.08. The van der Waals surface area contributed by atoms with E-state index < -0.39 is 11.7 Å². The van der Waals surface area contributed by atoms with E-state index in [-0.39, 0.29) is 6.29 Å². The van der Waals surface area contributed by atoms with Crippen LogP contribution in [0.5, 0.6) is 0 Å². The summed E-state index contributed by atoms with van der Waals surface area (Å²) in [6.07, 6.45) is 4.42. The molecule has 1 amide bonds. The number of amides is 1.